The monoisotopic (exact) mass is 418 g/mol. The molecule has 6 nitrogen and oxygen atoms in total. The summed E-state index contributed by atoms with van der Waals surface area (Å²) in [4.78, 5) is 14.1. The van der Waals surface area contributed by atoms with Gasteiger partial charge in [-0.05, 0) is 61.2 Å². The highest BCUT2D eigenvalue weighted by Gasteiger charge is 2.19. The van der Waals surface area contributed by atoms with Crippen molar-refractivity contribution in [3.63, 3.8) is 0 Å². The minimum atomic E-state index is -3.42. The first-order valence-electron chi connectivity index (χ1n) is 9.53. The molecule has 29 heavy (non-hydrogen) atoms. The summed E-state index contributed by atoms with van der Waals surface area (Å²) in [6.07, 6.45) is 1.93. The van der Waals surface area contributed by atoms with Crippen molar-refractivity contribution in [3.8, 4) is 5.75 Å². The van der Waals surface area contributed by atoms with Crippen LogP contribution in [0.15, 0.2) is 42.5 Å². The van der Waals surface area contributed by atoms with Crippen LogP contribution in [0.25, 0.3) is 0 Å². The number of amides is 1. The second-order valence-corrected chi connectivity index (χ2v) is 9.21. The van der Waals surface area contributed by atoms with E-state index in [1.54, 1.807) is 25.1 Å². The summed E-state index contributed by atoms with van der Waals surface area (Å²) >= 11 is 0. The zero-order chi connectivity index (χ0) is 21.6. The predicted molar refractivity (Wildman–Crippen MR) is 117 cm³/mol. The van der Waals surface area contributed by atoms with Gasteiger partial charge in [0.1, 0.15) is 5.75 Å². The molecule has 1 amide bonds. The van der Waals surface area contributed by atoms with E-state index >= 15 is 0 Å². The molecule has 2 aromatic rings. The van der Waals surface area contributed by atoms with Gasteiger partial charge in [0.2, 0.25) is 15.9 Å². The summed E-state index contributed by atoms with van der Waals surface area (Å²) < 4.78 is 31.0. The van der Waals surface area contributed by atoms with Crippen molar-refractivity contribution in [1.82, 2.24) is 4.90 Å². The van der Waals surface area contributed by atoms with E-state index in [-0.39, 0.29) is 18.9 Å². The molecule has 2 rings (SSSR count). The Morgan fingerprint density at radius 3 is 2.24 bits per heavy atom. The molecule has 0 aromatic heterocycles. The molecule has 0 saturated heterocycles. The van der Waals surface area contributed by atoms with E-state index in [0.717, 1.165) is 22.4 Å². The largest absolute Gasteiger partial charge is 0.497 e. The Labute approximate surface area is 174 Å². The molecular formula is C22H30N2O4S. The van der Waals surface area contributed by atoms with E-state index < -0.39 is 10.0 Å². The Balaban J connectivity index is 1.95. The first-order chi connectivity index (χ1) is 13.6. The van der Waals surface area contributed by atoms with Crippen LogP contribution in [0.2, 0.25) is 0 Å². The number of nitrogens with zero attached hydrogens (tertiary/aromatic N) is 2. The summed E-state index contributed by atoms with van der Waals surface area (Å²) in [6, 6.07) is 13.2. The van der Waals surface area contributed by atoms with Crippen LogP contribution in [0, 0.1) is 13.8 Å². The van der Waals surface area contributed by atoms with Crippen LogP contribution in [0.3, 0.4) is 0 Å². The SMILES string of the molecule is COc1ccc(CN(C)C(=O)CCCN(c2ccc(C)c(C)c2)S(C)(=O)=O)cc1. The minimum absolute atomic E-state index is 0.0191. The quantitative estimate of drug-likeness (QED) is 0.625. The molecule has 0 N–H and O–H groups in total. The van der Waals surface area contributed by atoms with E-state index in [0.29, 0.717) is 18.7 Å². The molecule has 0 saturated carbocycles. The molecule has 0 heterocycles. The van der Waals surface area contributed by atoms with Crippen molar-refractivity contribution < 1.29 is 17.9 Å². The number of hydrogen-bond acceptors (Lipinski definition) is 4. The number of aryl methyl sites for hydroxylation is 2. The van der Waals surface area contributed by atoms with E-state index in [2.05, 4.69) is 0 Å². The molecule has 0 aliphatic rings. The molecule has 0 unspecified atom stereocenters. The molecule has 0 spiro atoms. The Morgan fingerprint density at radius 1 is 1.03 bits per heavy atom. The molecule has 0 radical (unpaired) electrons. The number of methoxy groups -OCH3 is 1. The Kier molecular flexibility index (Phi) is 7.67. The summed E-state index contributed by atoms with van der Waals surface area (Å²) in [5.41, 5.74) is 3.79. The van der Waals surface area contributed by atoms with Gasteiger partial charge in [-0.25, -0.2) is 8.42 Å². The number of anilines is 1. The van der Waals surface area contributed by atoms with Crippen LogP contribution in [0.4, 0.5) is 5.69 Å². The van der Waals surface area contributed by atoms with Crippen molar-refractivity contribution in [3.05, 3.63) is 59.2 Å². The number of benzene rings is 2. The smallest absolute Gasteiger partial charge is 0.232 e. The third kappa shape index (κ3) is 6.49. The zero-order valence-electron chi connectivity index (χ0n) is 17.8. The fraction of sp³-hybridized carbons (Fsp3) is 0.409. The lowest BCUT2D eigenvalue weighted by molar-refractivity contribution is -0.130. The van der Waals surface area contributed by atoms with Gasteiger partial charge in [-0.15, -0.1) is 0 Å². The molecule has 0 aliphatic heterocycles. The molecule has 0 aliphatic carbocycles. The molecule has 0 atom stereocenters. The fourth-order valence-corrected chi connectivity index (χ4v) is 3.98. The highest BCUT2D eigenvalue weighted by Crippen LogP contribution is 2.22. The first kappa shape index (κ1) is 22.7. The highest BCUT2D eigenvalue weighted by atomic mass is 32.2. The van der Waals surface area contributed by atoms with E-state index in [9.17, 15) is 13.2 Å². The Hall–Kier alpha value is -2.54. The van der Waals surface area contributed by atoms with Crippen molar-refractivity contribution in [2.24, 2.45) is 0 Å². The molecule has 2 aromatic carbocycles. The van der Waals surface area contributed by atoms with Crippen LogP contribution in [-0.4, -0.2) is 46.2 Å². The topological polar surface area (TPSA) is 66.9 Å². The molecular weight excluding hydrogens is 388 g/mol. The molecule has 0 bridgehead atoms. The van der Waals surface area contributed by atoms with Gasteiger partial charge in [-0.1, -0.05) is 18.2 Å². The predicted octanol–water partition coefficient (Wildman–Crippen LogP) is 3.52. The number of sulfonamides is 1. The second-order valence-electron chi connectivity index (χ2n) is 7.31. The summed E-state index contributed by atoms with van der Waals surface area (Å²) in [5.74, 6) is 0.754. The van der Waals surface area contributed by atoms with Gasteiger partial charge in [0.05, 0.1) is 19.1 Å². The average molecular weight is 419 g/mol. The van der Waals surface area contributed by atoms with Gasteiger partial charge >= 0.3 is 0 Å². The Morgan fingerprint density at radius 2 is 1.69 bits per heavy atom. The summed E-state index contributed by atoms with van der Waals surface area (Å²) in [7, 11) is -0.0567. The second kappa shape index (κ2) is 9.78. The number of hydrogen-bond donors (Lipinski definition) is 0. The van der Waals surface area contributed by atoms with Crippen LogP contribution in [0.5, 0.6) is 5.75 Å². The van der Waals surface area contributed by atoms with Crippen molar-refractivity contribution >= 4 is 21.6 Å². The van der Waals surface area contributed by atoms with E-state index in [1.807, 2.05) is 50.2 Å². The van der Waals surface area contributed by atoms with Crippen molar-refractivity contribution in [2.75, 3.05) is 31.3 Å². The van der Waals surface area contributed by atoms with E-state index in [1.165, 1.54) is 10.6 Å². The number of ether oxygens (including phenoxy) is 1. The van der Waals surface area contributed by atoms with E-state index in [4.69, 9.17) is 4.74 Å². The van der Waals surface area contributed by atoms with Gasteiger partial charge < -0.3 is 9.64 Å². The lowest BCUT2D eigenvalue weighted by Crippen LogP contribution is -2.32. The standard InChI is InChI=1S/C22H30N2O4S/c1-17-8-11-20(15-18(17)2)24(29(5,26)27)14-6-7-22(25)23(3)16-19-9-12-21(28-4)13-10-19/h8-13,15H,6-7,14,16H2,1-5H3. The molecule has 158 valence electrons. The maximum Gasteiger partial charge on any atom is 0.232 e. The molecule has 0 fully saturated rings. The lowest BCUT2D eigenvalue weighted by atomic mass is 10.1. The number of rotatable bonds is 9. The van der Waals surface area contributed by atoms with Gasteiger partial charge in [0, 0.05) is 26.6 Å². The van der Waals surface area contributed by atoms with Gasteiger partial charge in [0.15, 0.2) is 0 Å². The maximum absolute atomic E-state index is 12.5. The Bertz CT molecular complexity index is 940. The lowest BCUT2D eigenvalue weighted by Gasteiger charge is -2.24. The summed E-state index contributed by atoms with van der Waals surface area (Å²) in [5, 5.41) is 0. The first-order valence-corrected chi connectivity index (χ1v) is 11.4. The van der Waals surface area contributed by atoms with Crippen molar-refractivity contribution in [2.45, 2.75) is 33.2 Å². The van der Waals surface area contributed by atoms with Crippen LogP contribution in [0.1, 0.15) is 29.5 Å². The highest BCUT2D eigenvalue weighted by molar-refractivity contribution is 7.92. The average Bonchev–Trinajstić information content (AvgIpc) is 2.67. The van der Waals surface area contributed by atoms with Crippen LogP contribution >= 0.6 is 0 Å². The van der Waals surface area contributed by atoms with Crippen LogP contribution in [-0.2, 0) is 21.4 Å². The maximum atomic E-state index is 12.5. The zero-order valence-corrected chi connectivity index (χ0v) is 18.6. The normalized spacial score (nSPS) is 11.2. The number of carbonyl (C=O) groups is 1. The molecule has 7 heteroatoms. The fourth-order valence-electron chi connectivity index (χ4n) is 3.02. The van der Waals surface area contributed by atoms with Gasteiger partial charge in [-0.3, -0.25) is 9.10 Å². The summed E-state index contributed by atoms with van der Waals surface area (Å²) in [6.45, 7) is 4.71. The number of carbonyl (C=O) groups excluding carboxylic acids is 1. The third-order valence-corrected chi connectivity index (χ3v) is 6.13. The van der Waals surface area contributed by atoms with Gasteiger partial charge in [-0.2, -0.15) is 0 Å². The minimum Gasteiger partial charge on any atom is -0.497 e. The van der Waals surface area contributed by atoms with Gasteiger partial charge in [0.25, 0.3) is 0 Å². The van der Waals surface area contributed by atoms with Crippen molar-refractivity contribution in [1.29, 1.82) is 0 Å². The van der Waals surface area contributed by atoms with Crippen LogP contribution < -0.4 is 9.04 Å². The third-order valence-electron chi connectivity index (χ3n) is 4.94.